The van der Waals surface area contributed by atoms with Gasteiger partial charge in [0.25, 0.3) is 5.69 Å². The van der Waals surface area contributed by atoms with Crippen molar-refractivity contribution in [1.29, 1.82) is 0 Å². The highest BCUT2D eigenvalue weighted by Crippen LogP contribution is 2.28. The first-order valence-electron chi connectivity index (χ1n) is 8.15. The summed E-state index contributed by atoms with van der Waals surface area (Å²) in [4.78, 5) is 16.9. The van der Waals surface area contributed by atoms with Crippen LogP contribution in [0.4, 0.5) is 11.5 Å². The van der Waals surface area contributed by atoms with Gasteiger partial charge in [-0.05, 0) is 38.7 Å². The van der Waals surface area contributed by atoms with E-state index in [0.29, 0.717) is 17.8 Å². The summed E-state index contributed by atoms with van der Waals surface area (Å²) in [6, 6.07) is 1.82. The minimum absolute atomic E-state index is 0.0863. The van der Waals surface area contributed by atoms with Gasteiger partial charge < -0.3 is 9.64 Å². The van der Waals surface area contributed by atoms with Gasteiger partial charge in [-0.2, -0.15) is 0 Å². The van der Waals surface area contributed by atoms with Crippen molar-refractivity contribution in [3.63, 3.8) is 0 Å². The van der Waals surface area contributed by atoms with Crippen LogP contribution in [0.2, 0.25) is 0 Å². The van der Waals surface area contributed by atoms with Crippen molar-refractivity contribution in [1.82, 2.24) is 4.98 Å². The fraction of sp³-hybridized carbons (Fsp3) is 0.688. The summed E-state index contributed by atoms with van der Waals surface area (Å²) in [5.74, 6) is 0.836. The van der Waals surface area contributed by atoms with Crippen molar-refractivity contribution in [3.8, 4) is 0 Å². The van der Waals surface area contributed by atoms with E-state index in [4.69, 9.17) is 4.74 Å². The average molecular weight is 305 g/mol. The van der Waals surface area contributed by atoms with Crippen LogP contribution in [0.25, 0.3) is 0 Å². The lowest BCUT2D eigenvalue weighted by Crippen LogP contribution is -2.38. The van der Waals surface area contributed by atoms with Crippen LogP contribution >= 0.6 is 0 Å². The largest absolute Gasteiger partial charge is 0.375 e. The number of nitrogens with zero attached hydrogens (tertiary/aromatic N) is 3. The third-order valence-electron chi connectivity index (χ3n) is 4.72. The Hall–Kier alpha value is -1.69. The quantitative estimate of drug-likeness (QED) is 0.631. The molecule has 0 N–H and O–H groups in total. The number of hydrogen-bond donors (Lipinski definition) is 0. The van der Waals surface area contributed by atoms with Gasteiger partial charge in [-0.1, -0.05) is 12.8 Å². The minimum atomic E-state index is -0.381. The van der Waals surface area contributed by atoms with Gasteiger partial charge in [0.2, 0.25) is 0 Å². The maximum Gasteiger partial charge on any atom is 0.290 e. The zero-order chi connectivity index (χ0) is 15.5. The summed E-state index contributed by atoms with van der Waals surface area (Å²) in [6.07, 6.45) is 9.24. The number of hydrogen-bond acceptors (Lipinski definition) is 5. The third kappa shape index (κ3) is 3.38. The van der Waals surface area contributed by atoms with E-state index < -0.39 is 0 Å². The summed E-state index contributed by atoms with van der Waals surface area (Å²) in [7, 11) is 0. The molecule has 1 saturated heterocycles. The Morgan fingerprint density at radius 3 is 2.45 bits per heavy atom. The monoisotopic (exact) mass is 305 g/mol. The Labute approximate surface area is 130 Å². The number of nitro groups is 1. The maximum absolute atomic E-state index is 10.9. The summed E-state index contributed by atoms with van der Waals surface area (Å²) < 4.78 is 6.17. The number of anilines is 1. The van der Waals surface area contributed by atoms with E-state index in [2.05, 4.69) is 9.88 Å². The molecule has 2 heterocycles. The van der Waals surface area contributed by atoms with Crippen molar-refractivity contribution in [2.75, 3.05) is 18.0 Å². The van der Waals surface area contributed by atoms with Crippen molar-refractivity contribution >= 4 is 11.5 Å². The number of aromatic nitrogens is 1. The molecule has 1 aromatic heterocycles. The molecule has 0 radical (unpaired) electrons. The first-order chi connectivity index (χ1) is 10.6. The Morgan fingerprint density at radius 2 is 1.86 bits per heavy atom. The van der Waals surface area contributed by atoms with Gasteiger partial charge in [0.05, 0.1) is 17.1 Å². The van der Waals surface area contributed by atoms with Gasteiger partial charge in [0, 0.05) is 18.7 Å². The van der Waals surface area contributed by atoms with Crippen LogP contribution in [0, 0.1) is 17.0 Å². The molecule has 1 aliphatic carbocycles. The normalized spacial score (nSPS) is 20.5. The lowest BCUT2D eigenvalue weighted by atomic mass is 10.1. The van der Waals surface area contributed by atoms with E-state index in [1.807, 2.05) is 6.07 Å². The Kier molecular flexibility index (Phi) is 4.57. The fourth-order valence-electron chi connectivity index (χ4n) is 3.42. The highest BCUT2D eigenvalue weighted by Gasteiger charge is 2.25. The Balaban J connectivity index is 1.56. The number of pyridine rings is 1. The standard InChI is InChI=1S/C16H23N3O3/c1-12-10-16(17-11-15(12)19(20)21)18-8-6-14(7-9-18)22-13-4-2-3-5-13/h10-11,13-14H,2-9H2,1H3. The summed E-state index contributed by atoms with van der Waals surface area (Å²) in [6.45, 7) is 3.57. The molecular weight excluding hydrogens is 282 g/mol. The summed E-state index contributed by atoms with van der Waals surface area (Å²) >= 11 is 0. The number of aryl methyl sites for hydroxylation is 1. The van der Waals surface area contributed by atoms with E-state index in [9.17, 15) is 10.1 Å². The molecule has 2 aliphatic rings. The van der Waals surface area contributed by atoms with Crippen molar-refractivity contribution < 1.29 is 9.66 Å². The molecule has 0 aromatic carbocycles. The van der Waals surface area contributed by atoms with Gasteiger partial charge in [0.15, 0.2) is 0 Å². The van der Waals surface area contributed by atoms with Crippen molar-refractivity contribution in [2.24, 2.45) is 0 Å². The average Bonchev–Trinajstić information content (AvgIpc) is 3.00. The highest BCUT2D eigenvalue weighted by atomic mass is 16.6. The lowest BCUT2D eigenvalue weighted by molar-refractivity contribution is -0.385. The molecule has 120 valence electrons. The van der Waals surface area contributed by atoms with E-state index >= 15 is 0 Å². The molecule has 6 nitrogen and oxygen atoms in total. The van der Waals surface area contributed by atoms with Gasteiger partial charge in [0.1, 0.15) is 12.0 Å². The summed E-state index contributed by atoms with van der Waals surface area (Å²) in [5.41, 5.74) is 0.752. The fourth-order valence-corrected chi connectivity index (χ4v) is 3.42. The molecule has 3 rings (SSSR count). The number of piperidine rings is 1. The second-order valence-electron chi connectivity index (χ2n) is 6.32. The lowest BCUT2D eigenvalue weighted by Gasteiger charge is -2.34. The van der Waals surface area contributed by atoms with E-state index in [1.54, 1.807) is 6.92 Å². The molecule has 22 heavy (non-hydrogen) atoms. The van der Waals surface area contributed by atoms with Crippen LogP contribution in [0.1, 0.15) is 44.1 Å². The number of rotatable bonds is 4. The molecule has 2 fully saturated rings. The minimum Gasteiger partial charge on any atom is -0.375 e. The van der Waals surface area contributed by atoms with Gasteiger partial charge in [-0.3, -0.25) is 10.1 Å². The highest BCUT2D eigenvalue weighted by molar-refractivity contribution is 5.48. The predicted octanol–water partition coefficient (Wildman–Crippen LogP) is 3.23. The Bertz CT molecular complexity index is 535. The zero-order valence-corrected chi connectivity index (χ0v) is 13.0. The van der Waals surface area contributed by atoms with Crippen LogP contribution in [-0.4, -0.2) is 35.2 Å². The second-order valence-corrected chi connectivity index (χ2v) is 6.32. The van der Waals surface area contributed by atoms with Gasteiger partial charge in [-0.25, -0.2) is 4.98 Å². The molecule has 1 saturated carbocycles. The Morgan fingerprint density at radius 1 is 1.23 bits per heavy atom. The molecule has 0 amide bonds. The zero-order valence-electron chi connectivity index (χ0n) is 13.0. The van der Waals surface area contributed by atoms with Gasteiger partial charge in [-0.15, -0.1) is 0 Å². The van der Waals surface area contributed by atoms with Crippen LogP contribution in [0.15, 0.2) is 12.3 Å². The molecular formula is C16H23N3O3. The van der Waals surface area contributed by atoms with E-state index in [-0.39, 0.29) is 10.6 Å². The second kappa shape index (κ2) is 6.60. The maximum atomic E-state index is 10.9. The molecule has 1 aliphatic heterocycles. The van der Waals surface area contributed by atoms with Crippen LogP contribution in [-0.2, 0) is 4.74 Å². The molecule has 6 heteroatoms. The van der Waals surface area contributed by atoms with Gasteiger partial charge >= 0.3 is 0 Å². The molecule has 0 bridgehead atoms. The van der Waals surface area contributed by atoms with Crippen LogP contribution in [0.5, 0.6) is 0 Å². The molecule has 0 unspecified atom stereocenters. The molecule has 1 aromatic rings. The molecule has 0 atom stereocenters. The predicted molar refractivity (Wildman–Crippen MR) is 84.2 cm³/mol. The van der Waals surface area contributed by atoms with Crippen molar-refractivity contribution in [2.45, 2.75) is 57.7 Å². The topological polar surface area (TPSA) is 68.5 Å². The summed E-state index contributed by atoms with van der Waals surface area (Å²) in [5, 5.41) is 10.9. The number of ether oxygens (including phenoxy) is 1. The smallest absolute Gasteiger partial charge is 0.290 e. The van der Waals surface area contributed by atoms with Crippen molar-refractivity contribution in [3.05, 3.63) is 27.9 Å². The van der Waals surface area contributed by atoms with E-state index in [0.717, 1.165) is 31.7 Å². The van der Waals surface area contributed by atoms with Crippen LogP contribution < -0.4 is 4.90 Å². The van der Waals surface area contributed by atoms with Crippen LogP contribution in [0.3, 0.4) is 0 Å². The first-order valence-corrected chi connectivity index (χ1v) is 8.15. The third-order valence-corrected chi connectivity index (χ3v) is 4.72. The van der Waals surface area contributed by atoms with E-state index in [1.165, 1.54) is 31.9 Å². The molecule has 0 spiro atoms. The SMILES string of the molecule is Cc1cc(N2CCC(OC3CCCC3)CC2)ncc1[N+](=O)[O-]. The first kappa shape index (κ1) is 15.2.